The zero-order chi connectivity index (χ0) is 20.8. The monoisotopic (exact) mass is 398 g/mol. The number of likely N-dealkylation sites (tertiary alicyclic amines) is 1. The van der Waals surface area contributed by atoms with Gasteiger partial charge in [-0.1, -0.05) is 30.3 Å². The summed E-state index contributed by atoms with van der Waals surface area (Å²) in [5.41, 5.74) is 1.10. The molecule has 1 aliphatic rings. The van der Waals surface area contributed by atoms with Crippen LogP contribution in [0.3, 0.4) is 0 Å². The summed E-state index contributed by atoms with van der Waals surface area (Å²) in [5.74, 6) is -2.35. The van der Waals surface area contributed by atoms with E-state index in [1.807, 2.05) is 6.07 Å². The van der Waals surface area contributed by atoms with E-state index < -0.39 is 23.7 Å². The number of carboxylic acid groups (broad SMARTS) is 1. The number of hydrogen-bond donors (Lipinski definition) is 2. The van der Waals surface area contributed by atoms with Gasteiger partial charge in [0, 0.05) is 18.7 Å². The number of hydrogen-bond acceptors (Lipinski definition) is 3. The lowest BCUT2D eigenvalue weighted by atomic mass is 9.95. The second-order valence-corrected chi connectivity index (χ2v) is 7.17. The molecule has 1 aliphatic heterocycles. The Morgan fingerprint density at radius 1 is 1.10 bits per heavy atom. The normalized spacial score (nSPS) is 17.4. The Bertz CT molecular complexity index is 870. The van der Waals surface area contributed by atoms with Crippen LogP contribution < -0.4 is 5.32 Å². The van der Waals surface area contributed by atoms with Gasteiger partial charge in [0.05, 0.1) is 18.4 Å². The summed E-state index contributed by atoms with van der Waals surface area (Å²) in [4.78, 5) is 38.3. The average Bonchev–Trinajstić information content (AvgIpc) is 2.73. The molecule has 0 bridgehead atoms. The molecule has 7 heteroatoms. The summed E-state index contributed by atoms with van der Waals surface area (Å²) in [6.45, 7) is 0.772. The van der Waals surface area contributed by atoms with Gasteiger partial charge in [-0.25, -0.2) is 4.39 Å². The zero-order valence-corrected chi connectivity index (χ0v) is 15.9. The fraction of sp³-hybridized carbons (Fsp3) is 0.318. The summed E-state index contributed by atoms with van der Waals surface area (Å²) in [7, 11) is 0. The third-order valence-electron chi connectivity index (χ3n) is 5.07. The van der Waals surface area contributed by atoms with Gasteiger partial charge < -0.3 is 15.3 Å². The number of rotatable bonds is 6. The van der Waals surface area contributed by atoms with Gasteiger partial charge in [0.25, 0.3) is 5.91 Å². The summed E-state index contributed by atoms with van der Waals surface area (Å²) >= 11 is 0. The number of carbonyl (C=O) groups is 3. The average molecular weight is 398 g/mol. The Morgan fingerprint density at radius 2 is 1.79 bits per heavy atom. The molecule has 0 aliphatic carbocycles. The van der Waals surface area contributed by atoms with E-state index >= 15 is 0 Å². The van der Waals surface area contributed by atoms with Crippen LogP contribution in [0, 0.1) is 11.7 Å². The Balaban J connectivity index is 1.67. The first-order valence-corrected chi connectivity index (χ1v) is 9.56. The minimum Gasteiger partial charge on any atom is -0.481 e. The van der Waals surface area contributed by atoms with Crippen LogP contribution in [-0.2, 0) is 9.59 Å². The van der Waals surface area contributed by atoms with Crippen LogP contribution in [0.2, 0.25) is 0 Å². The van der Waals surface area contributed by atoms with E-state index in [0.29, 0.717) is 24.9 Å². The van der Waals surface area contributed by atoms with E-state index in [2.05, 4.69) is 5.32 Å². The van der Waals surface area contributed by atoms with Gasteiger partial charge >= 0.3 is 5.97 Å². The van der Waals surface area contributed by atoms with Gasteiger partial charge in [0.2, 0.25) is 5.91 Å². The highest BCUT2D eigenvalue weighted by Crippen LogP contribution is 2.22. The fourth-order valence-electron chi connectivity index (χ4n) is 3.55. The second kappa shape index (κ2) is 9.32. The molecule has 1 heterocycles. The third kappa shape index (κ3) is 5.40. The molecule has 0 spiro atoms. The maximum Gasteiger partial charge on any atom is 0.305 e. The number of halogens is 1. The van der Waals surface area contributed by atoms with E-state index in [4.69, 9.17) is 0 Å². The van der Waals surface area contributed by atoms with Crippen LogP contribution in [0.5, 0.6) is 0 Å². The van der Waals surface area contributed by atoms with Crippen molar-refractivity contribution in [3.63, 3.8) is 0 Å². The molecule has 1 saturated heterocycles. The van der Waals surface area contributed by atoms with Crippen LogP contribution in [0.1, 0.15) is 41.2 Å². The lowest BCUT2D eigenvalue weighted by Gasteiger charge is -2.33. The van der Waals surface area contributed by atoms with Crippen molar-refractivity contribution in [2.45, 2.75) is 25.3 Å². The topological polar surface area (TPSA) is 86.7 Å². The standard InChI is InChI=1S/C22H23FN2O4/c23-18-10-8-16(9-11-18)22(29)25-12-4-7-17(14-25)21(28)24-19(13-20(26)27)15-5-2-1-3-6-15/h1-3,5-6,8-11,17,19H,4,7,12-14H2,(H,24,28)(H,26,27). The van der Waals surface area contributed by atoms with Crippen LogP contribution in [0.15, 0.2) is 54.6 Å². The molecule has 2 atom stereocenters. The molecular formula is C22H23FN2O4. The van der Waals surface area contributed by atoms with Crippen molar-refractivity contribution in [3.05, 3.63) is 71.5 Å². The first-order chi connectivity index (χ1) is 13.9. The van der Waals surface area contributed by atoms with Crippen molar-refractivity contribution < 1.29 is 23.9 Å². The largest absolute Gasteiger partial charge is 0.481 e. The van der Waals surface area contributed by atoms with Gasteiger partial charge in [-0.15, -0.1) is 0 Å². The molecule has 6 nitrogen and oxygen atoms in total. The van der Waals surface area contributed by atoms with Crippen LogP contribution in [-0.4, -0.2) is 40.9 Å². The van der Waals surface area contributed by atoms with Crippen molar-refractivity contribution >= 4 is 17.8 Å². The van der Waals surface area contributed by atoms with Crippen molar-refractivity contribution in [3.8, 4) is 0 Å². The Labute approximate surface area is 168 Å². The molecule has 29 heavy (non-hydrogen) atoms. The number of nitrogens with zero attached hydrogens (tertiary/aromatic N) is 1. The highest BCUT2D eigenvalue weighted by Gasteiger charge is 2.30. The van der Waals surface area contributed by atoms with Crippen LogP contribution in [0.25, 0.3) is 0 Å². The molecule has 2 unspecified atom stereocenters. The molecule has 152 valence electrons. The molecule has 2 N–H and O–H groups in total. The lowest BCUT2D eigenvalue weighted by Crippen LogP contribution is -2.46. The highest BCUT2D eigenvalue weighted by atomic mass is 19.1. The van der Waals surface area contributed by atoms with E-state index in [-0.39, 0.29) is 24.8 Å². The molecular weight excluding hydrogens is 375 g/mol. The number of nitrogens with one attached hydrogen (secondary N) is 1. The van der Waals surface area contributed by atoms with Crippen LogP contribution in [0.4, 0.5) is 4.39 Å². The Hall–Kier alpha value is -3.22. The molecule has 0 saturated carbocycles. The van der Waals surface area contributed by atoms with Gasteiger partial charge in [0.1, 0.15) is 5.82 Å². The Morgan fingerprint density at radius 3 is 2.45 bits per heavy atom. The SMILES string of the molecule is O=C(O)CC(NC(=O)C1CCCN(C(=O)c2ccc(F)cc2)C1)c1ccccc1. The second-order valence-electron chi connectivity index (χ2n) is 7.17. The summed E-state index contributed by atoms with van der Waals surface area (Å²) in [6.07, 6.45) is 1.06. The number of carbonyl (C=O) groups excluding carboxylic acids is 2. The van der Waals surface area contributed by atoms with E-state index in [1.54, 1.807) is 29.2 Å². The van der Waals surface area contributed by atoms with Crippen molar-refractivity contribution in [1.82, 2.24) is 10.2 Å². The maximum absolute atomic E-state index is 13.1. The number of benzene rings is 2. The van der Waals surface area contributed by atoms with Gasteiger partial charge in [-0.05, 0) is 42.7 Å². The first kappa shape index (κ1) is 20.5. The van der Waals surface area contributed by atoms with E-state index in [9.17, 15) is 23.9 Å². The van der Waals surface area contributed by atoms with Gasteiger partial charge in [-0.3, -0.25) is 14.4 Å². The minimum absolute atomic E-state index is 0.222. The van der Waals surface area contributed by atoms with Crippen molar-refractivity contribution in [2.75, 3.05) is 13.1 Å². The fourth-order valence-corrected chi connectivity index (χ4v) is 3.55. The molecule has 1 fully saturated rings. The lowest BCUT2D eigenvalue weighted by molar-refractivity contribution is -0.138. The molecule has 2 aromatic carbocycles. The minimum atomic E-state index is -1.00. The molecule has 0 radical (unpaired) electrons. The van der Waals surface area contributed by atoms with Crippen LogP contribution >= 0.6 is 0 Å². The quantitative estimate of drug-likeness (QED) is 0.783. The third-order valence-corrected chi connectivity index (χ3v) is 5.07. The zero-order valence-electron chi connectivity index (χ0n) is 15.9. The summed E-state index contributed by atoms with van der Waals surface area (Å²) in [5, 5.41) is 12.0. The number of amides is 2. The molecule has 2 amide bonds. The molecule has 3 rings (SSSR count). The van der Waals surface area contributed by atoms with Crippen molar-refractivity contribution in [1.29, 1.82) is 0 Å². The van der Waals surface area contributed by atoms with Gasteiger partial charge in [0.15, 0.2) is 0 Å². The summed E-state index contributed by atoms with van der Waals surface area (Å²) < 4.78 is 13.1. The van der Waals surface area contributed by atoms with Gasteiger partial charge in [-0.2, -0.15) is 0 Å². The van der Waals surface area contributed by atoms with E-state index in [0.717, 1.165) is 5.56 Å². The van der Waals surface area contributed by atoms with Crippen molar-refractivity contribution in [2.24, 2.45) is 5.92 Å². The smallest absolute Gasteiger partial charge is 0.305 e. The maximum atomic E-state index is 13.1. The predicted octanol–water partition coefficient (Wildman–Crippen LogP) is 3.01. The number of piperidine rings is 1. The number of carboxylic acids is 1. The first-order valence-electron chi connectivity index (χ1n) is 9.56. The Kier molecular flexibility index (Phi) is 6.59. The molecule has 2 aromatic rings. The predicted molar refractivity (Wildman–Crippen MR) is 105 cm³/mol. The van der Waals surface area contributed by atoms with E-state index in [1.165, 1.54) is 24.3 Å². The molecule has 0 aromatic heterocycles. The summed E-state index contributed by atoms with van der Waals surface area (Å²) in [6, 6.07) is 13.7. The highest BCUT2D eigenvalue weighted by molar-refractivity contribution is 5.94. The number of aliphatic carboxylic acids is 1.